The molecule has 0 bridgehead atoms. The number of amides is 1. The fourth-order valence-electron chi connectivity index (χ4n) is 2.92. The van der Waals surface area contributed by atoms with Crippen molar-refractivity contribution in [1.29, 1.82) is 0 Å². The number of benzene rings is 1. The molecule has 3 rings (SSSR count). The quantitative estimate of drug-likeness (QED) is 0.717. The SMILES string of the molecule is CCNc1ncc2c(n1)N(C)CCN(c1cccc(OCCNC)c1)C2=O. The van der Waals surface area contributed by atoms with E-state index in [0.717, 1.165) is 24.5 Å². The Morgan fingerprint density at radius 2 is 2.15 bits per heavy atom. The number of fused-ring (bicyclic) bond motifs is 1. The molecule has 0 saturated carbocycles. The Labute approximate surface area is 159 Å². The first kappa shape index (κ1) is 18.9. The van der Waals surface area contributed by atoms with Gasteiger partial charge in [0.15, 0.2) is 0 Å². The van der Waals surface area contributed by atoms with Gasteiger partial charge in [-0.3, -0.25) is 4.79 Å². The fourth-order valence-corrected chi connectivity index (χ4v) is 2.92. The van der Waals surface area contributed by atoms with Crippen molar-refractivity contribution in [1.82, 2.24) is 15.3 Å². The zero-order valence-electron chi connectivity index (χ0n) is 16.0. The predicted octanol–water partition coefficient (Wildman–Crippen LogP) is 1.60. The van der Waals surface area contributed by atoms with E-state index in [4.69, 9.17) is 4.74 Å². The van der Waals surface area contributed by atoms with E-state index in [2.05, 4.69) is 20.6 Å². The largest absolute Gasteiger partial charge is 0.492 e. The molecule has 0 saturated heterocycles. The molecular formula is C19H26N6O2. The maximum Gasteiger partial charge on any atom is 0.263 e. The van der Waals surface area contributed by atoms with Crippen LogP contribution in [0.1, 0.15) is 17.3 Å². The summed E-state index contributed by atoms with van der Waals surface area (Å²) in [6.07, 6.45) is 1.60. The van der Waals surface area contributed by atoms with Gasteiger partial charge >= 0.3 is 0 Å². The zero-order chi connectivity index (χ0) is 19.2. The molecule has 1 aromatic carbocycles. The second kappa shape index (κ2) is 8.68. The van der Waals surface area contributed by atoms with Gasteiger partial charge in [-0.1, -0.05) is 6.07 Å². The third-order valence-corrected chi connectivity index (χ3v) is 4.35. The Balaban J connectivity index is 1.87. The minimum absolute atomic E-state index is 0.107. The Morgan fingerprint density at radius 3 is 2.93 bits per heavy atom. The van der Waals surface area contributed by atoms with Crippen molar-refractivity contribution in [2.24, 2.45) is 0 Å². The van der Waals surface area contributed by atoms with Gasteiger partial charge in [0.1, 0.15) is 23.7 Å². The highest BCUT2D eigenvalue weighted by Gasteiger charge is 2.28. The van der Waals surface area contributed by atoms with Crippen molar-refractivity contribution in [3.63, 3.8) is 0 Å². The van der Waals surface area contributed by atoms with Crippen molar-refractivity contribution < 1.29 is 9.53 Å². The van der Waals surface area contributed by atoms with Crippen LogP contribution in [-0.2, 0) is 0 Å². The number of carbonyl (C=O) groups is 1. The smallest absolute Gasteiger partial charge is 0.263 e. The van der Waals surface area contributed by atoms with Gasteiger partial charge in [0.05, 0.1) is 0 Å². The Bertz CT molecular complexity index is 798. The van der Waals surface area contributed by atoms with Crippen LogP contribution in [0.2, 0.25) is 0 Å². The van der Waals surface area contributed by atoms with Gasteiger partial charge in [0, 0.05) is 51.2 Å². The van der Waals surface area contributed by atoms with Crippen molar-refractivity contribution in [3.8, 4) is 5.75 Å². The number of nitrogens with one attached hydrogen (secondary N) is 2. The van der Waals surface area contributed by atoms with Gasteiger partial charge in [-0.2, -0.15) is 4.98 Å². The molecule has 1 aliphatic heterocycles. The lowest BCUT2D eigenvalue weighted by atomic mass is 10.2. The third-order valence-electron chi connectivity index (χ3n) is 4.35. The monoisotopic (exact) mass is 370 g/mol. The van der Waals surface area contributed by atoms with E-state index in [1.54, 1.807) is 11.1 Å². The number of anilines is 3. The minimum Gasteiger partial charge on any atom is -0.492 e. The molecule has 0 unspecified atom stereocenters. The molecule has 2 aromatic rings. The molecule has 2 N–H and O–H groups in total. The standard InChI is InChI=1S/C19H26N6O2/c1-4-21-19-22-13-16-17(23-19)24(3)9-10-25(18(16)26)14-6-5-7-15(12-14)27-11-8-20-2/h5-7,12-13,20H,4,8-11H2,1-3H3,(H,21,22,23). The average molecular weight is 370 g/mol. The number of carbonyl (C=O) groups excluding carboxylic acids is 1. The Kier molecular flexibility index (Phi) is 6.08. The Hall–Kier alpha value is -2.87. The molecule has 2 heterocycles. The summed E-state index contributed by atoms with van der Waals surface area (Å²) < 4.78 is 5.73. The Morgan fingerprint density at radius 1 is 1.30 bits per heavy atom. The van der Waals surface area contributed by atoms with E-state index < -0.39 is 0 Å². The van der Waals surface area contributed by atoms with Crippen LogP contribution in [0.3, 0.4) is 0 Å². The lowest BCUT2D eigenvalue weighted by Crippen LogP contribution is -2.33. The number of nitrogens with zero attached hydrogens (tertiary/aromatic N) is 4. The van der Waals surface area contributed by atoms with E-state index in [1.807, 2.05) is 50.2 Å². The first-order valence-electron chi connectivity index (χ1n) is 9.15. The normalized spacial score (nSPS) is 14.0. The molecule has 27 heavy (non-hydrogen) atoms. The molecule has 8 heteroatoms. The summed E-state index contributed by atoms with van der Waals surface area (Å²) in [5.74, 6) is 1.82. The summed E-state index contributed by atoms with van der Waals surface area (Å²) in [5, 5.41) is 6.14. The summed E-state index contributed by atoms with van der Waals surface area (Å²) in [6, 6.07) is 7.61. The first-order chi connectivity index (χ1) is 13.1. The van der Waals surface area contributed by atoms with Crippen LogP contribution in [-0.4, -0.2) is 62.8 Å². The number of rotatable bonds is 7. The van der Waals surface area contributed by atoms with Crippen LogP contribution >= 0.6 is 0 Å². The van der Waals surface area contributed by atoms with Crippen LogP contribution in [0.15, 0.2) is 30.5 Å². The van der Waals surface area contributed by atoms with Crippen molar-refractivity contribution in [3.05, 3.63) is 36.0 Å². The maximum atomic E-state index is 13.2. The van der Waals surface area contributed by atoms with Crippen LogP contribution in [0.25, 0.3) is 0 Å². The van der Waals surface area contributed by atoms with E-state index in [9.17, 15) is 4.79 Å². The van der Waals surface area contributed by atoms with E-state index in [0.29, 0.717) is 37.0 Å². The van der Waals surface area contributed by atoms with Gasteiger partial charge in [-0.15, -0.1) is 0 Å². The predicted molar refractivity (Wildman–Crippen MR) is 107 cm³/mol. The van der Waals surface area contributed by atoms with E-state index in [1.165, 1.54) is 0 Å². The molecule has 0 spiro atoms. The highest BCUT2D eigenvalue weighted by atomic mass is 16.5. The van der Waals surface area contributed by atoms with E-state index >= 15 is 0 Å². The molecule has 144 valence electrons. The lowest BCUT2D eigenvalue weighted by Gasteiger charge is -2.21. The third kappa shape index (κ3) is 4.28. The van der Waals surface area contributed by atoms with Crippen molar-refractivity contribution in [2.45, 2.75) is 6.92 Å². The molecule has 0 radical (unpaired) electrons. The molecule has 0 fully saturated rings. The van der Waals surface area contributed by atoms with Crippen molar-refractivity contribution in [2.75, 3.05) is 62.0 Å². The molecule has 1 aromatic heterocycles. The molecule has 8 nitrogen and oxygen atoms in total. The lowest BCUT2D eigenvalue weighted by molar-refractivity contribution is 0.0989. The topological polar surface area (TPSA) is 82.6 Å². The number of aromatic nitrogens is 2. The summed E-state index contributed by atoms with van der Waals surface area (Å²) in [7, 11) is 3.82. The van der Waals surface area contributed by atoms with Gasteiger partial charge in [0.25, 0.3) is 5.91 Å². The first-order valence-corrected chi connectivity index (χ1v) is 9.15. The minimum atomic E-state index is -0.107. The van der Waals surface area contributed by atoms with E-state index in [-0.39, 0.29) is 5.91 Å². The highest BCUT2D eigenvalue weighted by Crippen LogP contribution is 2.28. The molecular weight excluding hydrogens is 344 g/mol. The average Bonchev–Trinajstić information content (AvgIpc) is 2.80. The second-order valence-corrected chi connectivity index (χ2v) is 6.29. The summed E-state index contributed by atoms with van der Waals surface area (Å²) in [4.78, 5) is 25.7. The zero-order valence-corrected chi connectivity index (χ0v) is 16.0. The van der Waals surface area contributed by atoms with Crippen LogP contribution in [0.5, 0.6) is 5.75 Å². The van der Waals surface area contributed by atoms with Crippen LogP contribution < -0.4 is 25.2 Å². The molecule has 1 amide bonds. The number of ether oxygens (including phenoxy) is 1. The van der Waals surface area contributed by atoms with Crippen molar-refractivity contribution >= 4 is 23.4 Å². The van der Waals surface area contributed by atoms with Gasteiger partial charge in [0.2, 0.25) is 5.95 Å². The fraction of sp³-hybridized carbons (Fsp3) is 0.421. The molecule has 0 atom stereocenters. The summed E-state index contributed by atoms with van der Waals surface area (Å²) >= 11 is 0. The van der Waals surface area contributed by atoms with Gasteiger partial charge < -0.3 is 25.2 Å². The summed E-state index contributed by atoms with van der Waals surface area (Å²) in [5.41, 5.74) is 1.30. The van der Waals surface area contributed by atoms with Crippen LogP contribution in [0.4, 0.5) is 17.5 Å². The number of likely N-dealkylation sites (N-methyl/N-ethyl adjacent to an activating group) is 2. The van der Waals surface area contributed by atoms with Crippen LogP contribution in [0, 0.1) is 0 Å². The number of hydrogen-bond acceptors (Lipinski definition) is 7. The molecule has 1 aliphatic rings. The second-order valence-electron chi connectivity index (χ2n) is 6.29. The molecule has 0 aliphatic carbocycles. The maximum absolute atomic E-state index is 13.2. The number of hydrogen-bond donors (Lipinski definition) is 2. The van der Waals surface area contributed by atoms with Gasteiger partial charge in [-0.25, -0.2) is 4.98 Å². The highest BCUT2D eigenvalue weighted by molar-refractivity contribution is 6.09. The van der Waals surface area contributed by atoms with Gasteiger partial charge in [-0.05, 0) is 26.1 Å². The summed E-state index contributed by atoms with van der Waals surface area (Å²) in [6.45, 7) is 5.27.